The number of nitrogens with zero attached hydrogens (tertiary/aromatic N) is 1. The lowest BCUT2D eigenvalue weighted by Crippen LogP contribution is -2.28. The van der Waals surface area contributed by atoms with Gasteiger partial charge in [0, 0.05) is 24.0 Å². The van der Waals surface area contributed by atoms with E-state index in [4.69, 9.17) is 0 Å². The molecule has 0 radical (unpaired) electrons. The van der Waals surface area contributed by atoms with Gasteiger partial charge in [-0.2, -0.15) is 0 Å². The van der Waals surface area contributed by atoms with Crippen LogP contribution in [0.4, 0.5) is 0 Å². The second-order valence-electron chi connectivity index (χ2n) is 7.81. The van der Waals surface area contributed by atoms with Crippen molar-refractivity contribution in [1.29, 1.82) is 0 Å². The fourth-order valence-electron chi connectivity index (χ4n) is 4.27. The van der Waals surface area contributed by atoms with E-state index < -0.39 is 0 Å². The Balaban J connectivity index is 2.03. The average Bonchev–Trinajstić information content (AvgIpc) is 2.79. The number of benzene rings is 1. The van der Waals surface area contributed by atoms with Crippen molar-refractivity contribution in [1.82, 2.24) is 4.90 Å². The molecule has 1 fully saturated rings. The number of fused-ring (bicyclic) bond motifs is 1. The molecule has 0 saturated carbocycles. The molecule has 1 N–H and O–H groups in total. The Kier molecular flexibility index (Phi) is 3.13. The molecule has 1 aromatic rings. The smallest absolute Gasteiger partial charge is 0.230 e. The van der Waals surface area contributed by atoms with E-state index in [0.717, 1.165) is 17.5 Å². The van der Waals surface area contributed by atoms with Crippen LogP contribution >= 0.6 is 0 Å². The Morgan fingerprint density at radius 3 is 2.23 bits per heavy atom. The first-order valence-electron chi connectivity index (χ1n) is 7.82. The maximum absolute atomic E-state index is 11.8. The highest BCUT2D eigenvalue weighted by molar-refractivity contribution is 6.01. The van der Waals surface area contributed by atoms with E-state index >= 15 is 0 Å². The molecule has 0 atom stereocenters. The van der Waals surface area contributed by atoms with Gasteiger partial charge >= 0.3 is 0 Å². The minimum atomic E-state index is -0.149. The Labute approximate surface area is 131 Å². The molecule has 4 nitrogen and oxygen atoms in total. The lowest BCUT2D eigenvalue weighted by atomic mass is 9.81. The third kappa shape index (κ3) is 2.13. The van der Waals surface area contributed by atoms with Gasteiger partial charge in [-0.1, -0.05) is 39.8 Å². The van der Waals surface area contributed by atoms with Gasteiger partial charge in [-0.3, -0.25) is 14.5 Å². The molecular formula is C18H23NO3. The van der Waals surface area contributed by atoms with E-state index in [1.807, 2.05) is 12.1 Å². The van der Waals surface area contributed by atoms with Gasteiger partial charge in [0.15, 0.2) is 0 Å². The van der Waals surface area contributed by atoms with Gasteiger partial charge in [-0.25, -0.2) is 0 Å². The summed E-state index contributed by atoms with van der Waals surface area (Å²) in [5, 5.41) is 10.8. The van der Waals surface area contributed by atoms with Gasteiger partial charge in [0.05, 0.1) is 6.54 Å². The van der Waals surface area contributed by atoms with E-state index in [1.165, 1.54) is 4.90 Å². The van der Waals surface area contributed by atoms with Crippen molar-refractivity contribution in [2.75, 3.05) is 0 Å². The van der Waals surface area contributed by atoms with Crippen LogP contribution in [0.3, 0.4) is 0 Å². The van der Waals surface area contributed by atoms with Gasteiger partial charge < -0.3 is 5.11 Å². The number of phenolic OH excluding ortho intramolecular Hbond substituents is 1. The second-order valence-corrected chi connectivity index (χ2v) is 7.81. The Morgan fingerprint density at radius 2 is 1.64 bits per heavy atom. The summed E-state index contributed by atoms with van der Waals surface area (Å²) < 4.78 is 0. The van der Waals surface area contributed by atoms with Crippen LogP contribution in [-0.2, 0) is 27.0 Å². The lowest BCUT2D eigenvalue weighted by molar-refractivity contribution is -0.139. The van der Waals surface area contributed by atoms with Crippen LogP contribution in [0.2, 0.25) is 0 Å². The highest BCUT2D eigenvalue weighted by Gasteiger charge is 2.44. The molecule has 1 saturated heterocycles. The Morgan fingerprint density at radius 1 is 1.05 bits per heavy atom. The van der Waals surface area contributed by atoms with Crippen LogP contribution in [0.1, 0.15) is 63.6 Å². The topological polar surface area (TPSA) is 57.6 Å². The zero-order chi connectivity index (χ0) is 16.3. The number of hydrogen-bond donors (Lipinski definition) is 1. The van der Waals surface area contributed by atoms with Crippen molar-refractivity contribution in [3.8, 4) is 5.75 Å². The van der Waals surface area contributed by atoms with Crippen molar-refractivity contribution >= 4 is 11.8 Å². The molecule has 22 heavy (non-hydrogen) atoms. The molecule has 1 heterocycles. The van der Waals surface area contributed by atoms with Crippen molar-refractivity contribution in [2.45, 2.75) is 64.3 Å². The number of carbonyl (C=O) groups is 2. The fraction of sp³-hybridized carbons (Fsp3) is 0.556. The van der Waals surface area contributed by atoms with Crippen molar-refractivity contribution in [3.63, 3.8) is 0 Å². The van der Waals surface area contributed by atoms with Crippen LogP contribution in [0.25, 0.3) is 0 Å². The minimum Gasteiger partial charge on any atom is -0.507 e. The fourth-order valence-corrected chi connectivity index (χ4v) is 4.27. The SMILES string of the molecule is CC1(C)CC(C)(C)c2c1ccc(CN1C(=O)CCC1=O)c2O. The Bertz CT molecular complexity index is 657. The number of carbonyl (C=O) groups excluding carboxylic acids is 2. The molecular weight excluding hydrogens is 278 g/mol. The largest absolute Gasteiger partial charge is 0.507 e. The molecule has 1 aromatic carbocycles. The monoisotopic (exact) mass is 301 g/mol. The first kappa shape index (κ1) is 15.1. The van der Waals surface area contributed by atoms with Crippen LogP contribution < -0.4 is 0 Å². The summed E-state index contributed by atoms with van der Waals surface area (Å²) >= 11 is 0. The highest BCUT2D eigenvalue weighted by atomic mass is 16.3. The lowest BCUT2D eigenvalue weighted by Gasteiger charge is -2.23. The molecule has 0 unspecified atom stereocenters. The van der Waals surface area contributed by atoms with Gasteiger partial charge in [0.25, 0.3) is 0 Å². The van der Waals surface area contributed by atoms with E-state index in [0.29, 0.717) is 5.56 Å². The molecule has 3 rings (SSSR count). The second kappa shape index (κ2) is 4.58. The molecule has 0 spiro atoms. The van der Waals surface area contributed by atoms with E-state index in [-0.39, 0.29) is 47.8 Å². The van der Waals surface area contributed by atoms with Crippen molar-refractivity contribution in [2.24, 2.45) is 0 Å². The molecule has 0 bridgehead atoms. The predicted octanol–water partition coefficient (Wildman–Crippen LogP) is 3.00. The predicted molar refractivity (Wildman–Crippen MR) is 83.6 cm³/mol. The highest BCUT2D eigenvalue weighted by Crippen LogP contribution is 2.53. The number of hydrogen-bond acceptors (Lipinski definition) is 3. The van der Waals surface area contributed by atoms with Gasteiger partial charge in [0.2, 0.25) is 11.8 Å². The zero-order valence-electron chi connectivity index (χ0n) is 13.7. The standard InChI is InChI=1S/C18H23NO3/c1-17(2)10-18(3,4)15-12(17)6-5-11(16(15)22)9-19-13(20)7-8-14(19)21/h5-6,22H,7-10H2,1-4H3. The summed E-state index contributed by atoms with van der Waals surface area (Å²) in [7, 11) is 0. The van der Waals surface area contributed by atoms with Crippen LogP contribution in [0.5, 0.6) is 5.75 Å². The summed E-state index contributed by atoms with van der Waals surface area (Å²) in [6, 6.07) is 3.90. The molecule has 2 amide bonds. The average molecular weight is 301 g/mol. The maximum Gasteiger partial charge on any atom is 0.230 e. The number of amides is 2. The van der Waals surface area contributed by atoms with Crippen LogP contribution in [0, 0.1) is 0 Å². The molecule has 0 aromatic heterocycles. The molecule has 1 aliphatic heterocycles. The molecule has 118 valence electrons. The van der Waals surface area contributed by atoms with E-state index in [2.05, 4.69) is 27.7 Å². The third-order valence-corrected chi connectivity index (χ3v) is 5.03. The molecule has 1 aliphatic carbocycles. The summed E-state index contributed by atoms with van der Waals surface area (Å²) in [6.45, 7) is 8.82. The summed E-state index contributed by atoms with van der Waals surface area (Å²) in [5.41, 5.74) is 2.70. The summed E-state index contributed by atoms with van der Waals surface area (Å²) in [4.78, 5) is 24.8. The Hall–Kier alpha value is -1.84. The van der Waals surface area contributed by atoms with Crippen LogP contribution in [-0.4, -0.2) is 21.8 Å². The first-order valence-corrected chi connectivity index (χ1v) is 7.82. The first-order chi connectivity index (χ1) is 10.1. The number of imide groups is 1. The molecule has 4 heteroatoms. The number of phenols is 1. The van der Waals surface area contributed by atoms with Gasteiger partial charge in [-0.15, -0.1) is 0 Å². The van der Waals surface area contributed by atoms with Gasteiger partial charge in [0.1, 0.15) is 5.75 Å². The van der Waals surface area contributed by atoms with Gasteiger partial charge in [-0.05, 0) is 22.8 Å². The van der Waals surface area contributed by atoms with Crippen molar-refractivity contribution in [3.05, 3.63) is 28.8 Å². The van der Waals surface area contributed by atoms with Crippen molar-refractivity contribution < 1.29 is 14.7 Å². The number of likely N-dealkylation sites (tertiary alicyclic amines) is 1. The summed E-state index contributed by atoms with van der Waals surface area (Å²) in [6.07, 6.45) is 1.53. The summed E-state index contributed by atoms with van der Waals surface area (Å²) in [5.74, 6) is -0.0467. The number of rotatable bonds is 2. The van der Waals surface area contributed by atoms with E-state index in [1.54, 1.807) is 0 Å². The number of aromatic hydroxyl groups is 1. The minimum absolute atomic E-state index is 0.0220. The third-order valence-electron chi connectivity index (χ3n) is 5.03. The zero-order valence-corrected chi connectivity index (χ0v) is 13.7. The normalized spacial score (nSPS) is 22.3. The van der Waals surface area contributed by atoms with Crippen LogP contribution in [0.15, 0.2) is 12.1 Å². The quantitative estimate of drug-likeness (QED) is 0.854. The van der Waals surface area contributed by atoms with E-state index in [9.17, 15) is 14.7 Å². The molecule has 2 aliphatic rings. The maximum atomic E-state index is 11.8.